The van der Waals surface area contributed by atoms with Crippen LogP contribution in [0.25, 0.3) is 0 Å². The molecule has 0 spiro atoms. The number of carbonyl (C=O) groups excluding carboxylic acids is 1. The van der Waals surface area contributed by atoms with Gasteiger partial charge in [-0.25, -0.2) is 0 Å². The van der Waals surface area contributed by atoms with E-state index >= 15 is 0 Å². The summed E-state index contributed by atoms with van der Waals surface area (Å²) >= 11 is 0. The lowest BCUT2D eigenvalue weighted by Crippen LogP contribution is -2.55. The third-order valence-corrected chi connectivity index (χ3v) is 6.22. The number of likely N-dealkylation sites (tertiary alicyclic amines) is 1. The smallest absolute Gasteiger partial charge is 0.252 e. The predicted molar refractivity (Wildman–Crippen MR) is 96.9 cm³/mol. The van der Waals surface area contributed by atoms with Crippen molar-refractivity contribution in [2.75, 3.05) is 26.7 Å². The first-order chi connectivity index (χ1) is 12.4. The molecule has 6 heteroatoms. The van der Waals surface area contributed by atoms with Crippen molar-refractivity contribution in [1.29, 1.82) is 0 Å². The minimum atomic E-state index is -1.30. The zero-order valence-electron chi connectivity index (χ0n) is 15.3. The lowest BCUT2D eigenvalue weighted by molar-refractivity contribution is -0.146. The lowest BCUT2D eigenvalue weighted by atomic mass is 9.74. The Morgan fingerprint density at radius 3 is 2.77 bits per heavy atom. The van der Waals surface area contributed by atoms with Gasteiger partial charge in [0, 0.05) is 19.5 Å². The summed E-state index contributed by atoms with van der Waals surface area (Å²) in [6.45, 7) is 2.13. The third-order valence-electron chi connectivity index (χ3n) is 6.22. The van der Waals surface area contributed by atoms with E-state index in [-0.39, 0.29) is 24.0 Å². The standard InChI is InChI=1S/C20H28N2O4/c1-22-7-5-20(25,6-8-22)19(24)21-18(15-11-16(23)12-15)14-2-3-17-13(10-14)4-9-26-17/h2-3,10,15-16,18,23,25H,4-9,11-12H2,1H3,(H,21,24)/t15?,16?,18-/m0/s1. The number of aliphatic hydroxyl groups excluding tert-OH is 1. The number of benzene rings is 1. The van der Waals surface area contributed by atoms with Gasteiger partial charge in [-0.15, -0.1) is 0 Å². The zero-order valence-corrected chi connectivity index (χ0v) is 15.3. The molecule has 26 heavy (non-hydrogen) atoms. The molecule has 0 radical (unpaired) electrons. The van der Waals surface area contributed by atoms with Crippen LogP contribution < -0.4 is 10.1 Å². The number of carbonyl (C=O) groups is 1. The maximum Gasteiger partial charge on any atom is 0.252 e. The number of ether oxygens (including phenoxy) is 1. The summed E-state index contributed by atoms with van der Waals surface area (Å²) in [7, 11) is 2.00. The summed E-state index contributed by atoms with van der Waals surface area (Å²) in [4.78, 5) is 15.0. The highest BCUT2D eigenvalue weighted by atomic mass is 16.5. The van der Waals surface area contributed by atoms with Crippen LogP contribution in [0.3, 0.4) is 0 Å². The zero-order chi connectivity index (χ0) is 18.3. The van der Waals surface area contributed by atoms with Crippen LogP contribution in [0.2, 0.25) is 0 Å². The van der Waals surface area contributed by atoms with E-state index in [2.05, 4.69) is 16.3 Å². The molecule has 1 saturated carbocycles. The Morgan fingerprint density at radius 1 is 1.35 bits per heavy atom. The van der Waals surface area contributed by atoms with Gasteiger partial charge in [0.25, 0.3) is 5.91 Å². The normalized spacial score (nSPS) is 28.6. The molecule has 6 nitrogen and oxygen atoms in total. The fourth-order valence-electron chi connectivity index (χ4n) is 4.27. The number of hydrogen-bond donors (Lipinski definition) is 3. The van der Waals surface area contributed by atoms with Gasteiger partial charge < -0.3 is 25.2 Å². The molecule has 3 N–H and O–H groups in total. The van der Waals surface area contributed by atoms with E-state index in [0.717, 1.165) is 17.7 Å². The topological polar surface area (TPSA) is 82.0 Å². The minimum Gasteiger partial charge on any atom is -0.493 e. The molecule has 0 unspecified atom stereocenters. The first-order valence-corrected chi connectivity index (χ1v) is 9.60. The maximum absolute atomic E-state index is 12.9. The molecule has 0 bridgehead atoms. The number of amides is 1. The Labute approximate surface area is 154 Å². The van der Waals surface area contributed by atoms with Gasteiger partial charge in [0.05, 0.1) is 18.8 Å². The van der Waals surface area contributed by atoms with E-state index in [1.54, 1.807) is 0 Å². The Bertz CT molecular complexity index is 678. The van der Waals surface area contributed by atoms with E-state index in [9.17, 15) is 15.0 Å². The van der Waals surface area contributed by atoms with Crippen LogP contribution in [0, 0.1) is 5.92 Å². The van der Waals surface area contributed by atoms with Crippen molar-refractivity contribution in [2.45, 2.75) is 49.9 Å². The van der Waals surface area contributed by atoms with Crippen LogP contribution >= 0.6 is 0 Å². The summed E-state index contributed by atoms with van der Waals surface area (Å²) in [5.41, 5.74) is 0.906. The fourth-order valence-corrected chi connectivity index (χ4v) is 4.27. The van der Waals surface area contributed by atoms with Crippen molar-refractivity contribution < 1.29 is 19.7 Å². The van der Waals surface area contributed by atoms with Gasteiger partial charge >= 0.3 is 0 Å². The molecule has 1 saturated heterocycles. The summed E-state index contributed by atoms with van der Waals surface area (Å²) in [5.74, 6) is 0.833. The highest BCUT2D eigenvalue weighted by Crippen LogP contribution is 2.40. The largest absolute Gasteiger partial charge is 0.493 e. The van der Waals surface area contributed by atoms with E-state index in [0.29, 0.717) is 45.4 Å². The second-order valence-electron chi connectivity index (χ2n) is 8.14. The monoisotopic (exact) mass is 360 g/mol. The van der Waals surface area contributed by atoms with Crippen LogP contribution in [0.15, 0.2) is 18.2 Å². The van der Waals surface area contributed by atoms with Crippen molar-refractivity contribution in [3.63, 3.8) is 0 Å². The molecule has 142 valence electrons. The lowest BCUT2D eigenvalue weighted by Gasteiger charge is -2.41. The molecular formula is C20H28N2O4. The van der Waals surface area contributed by atoms with Gasteiger partial charge in [0.1, 0.15) is 11.4 Å². The highest BCUT2D eigenvalue weighted by molar-refractivity contribution is 5.85. The van der Waals surface area contributed by atoms with Crippen LogP contribution in [-0.4, -0.2) is 59.5 Å². The molecule has 3 aliphatic rings. The Balaban J connectivity index is 1.53. The first-order valence-electron chi connectivity index (χ1n) is 9.60. The summed E-state index contributed by atoms with van der Waals surface area (Å²) in [5, 5.41) is 23.7. The molecule has 4 rings (SSSR count). The van der Waals surface area contributed by atoms with Gasteiger partial charge in [0.2, 0.25) is 0 Å². The average molecular weight is 360 g/mol. The molecule has 2 fully saturated rings. The Kier molecular flexibility index (Phi) is 4.67. The molecule has 1 amide bonds. The predicted octanol–water partition coefficient (Wildman–Crippen LogP) is 1.01. The summed E-state index contributed by atoms with van der Waals surface area (Å²) in [6.07, 6.45) is 2.86. The summed E-state index contributed by atoms with van der Waals surface area (Å²) in [6, 6.07) is 5.89. The number of aliphatic hydroxyl groups is 2. The second-order valence-corrected chi connectivity index (χ2v) is 8.14. The number of rotatable bonds is 4. The van der Waals surface area contributed by atoms with Crippen molar-refractivity contribution in [2.24, 2.45) is 5.92 Å². The second kappa shape index (κ2) is 6.83. The quantitative estimate of drug-likeness (QED) is 0.746. The first kappa shape index (κ1) is 17.8. The van der Waals surface area contributed by atoms with Crippen molar-refractivity contribution >= 4 is 5.91 Å². The van der Waals surface area contributed by atoms with E-state index in [1.165, 1.54) is 5.56 Å². The molecule has 1 aliphatic carbocycles. The number of nitrogens with zero attached hydrogens (tertiary/aromatic N) is 1. The van der Waals surface area contributed by atoms with Crippen molar-refractivity contribution in [1.82, 2.24) is 10.2 Å². The van der Waals surface area contributed by atoms with Crippen molar-refractivity contribution in [3.8, 4) is 5.75 Å². The number of nitrogens with one attached hydrogen (secondary N) is 1. The van der Waals surface area contributed by atoms with Crippen LogP contribution in [-0.2, 0) is 11.2 Å². The SMILES string of the molecule is CN1CCC(O)(C(=O)N[C@@H](c2ccc3c(c2)CCO3)C2CC(O)C2)CC1. The summed E-state index contributed by atoms with van der Waals surface area (Å²) < 4.78 is 5.58. The van der Waals surface area contributed by atoms with E-state index < -0.39 is 5.60 Å². The fraction of sp³-hybridized carbons (Fsp3) is 0.650. The van der Waals surface area contributed by atoms with Gasteiger partial charge in [0.15, 0.2) is 0 Å². The van der Waals surface area contributed by atoms with E-state index in [1.807, 2.05) is 19.2 Å². The number of fused-ring (bicyclic) bond motifs is 1. The molecule has 1 atom stereocenters. The minimum absolute atomic E-state index is 0.180. The highest BCUT2D eigenvalue weighted by Gasteiger charge is 2.42. The number of piperidine rings is 1. The molecular weight excluding hydrogens is 332 g/mol. The Morgan fingerprint density at radius 2 is 2.08 bits per heavy atom. The van der Waals surface area contributed by atoms with Gasteiger partial charge in [-0.2, -0.15) is 0 Å². The van der Waals surface area contributed by atoms with Gasteiger partial charge in [-0.1, -0.05) is 6.07 Å². The van der Waals surface area contributed by atoms with Crippen LogP contribution in [0.1, 0.15) is 42.9 Å². The molecule has 0 aromatic heterocycles. The van der Waals surface area contributed by atoms with Crippen LogP contribution in [0.4, 0.5) is 0 Å². The average Bonchev–Trinajstić information content (AvgIpc) is 3.07. The van der Waals surface area contributed by atoms with E-state index in [4.69, 9.17) is 4.74 Å². The van der Waals surface area contributed by atoms with Gasteiger partial charge in [-0.05, 0) is 61.9 Å². The molecule has 2 heterocycles. The van der Waals surface area contributed by atoms with Gasteiger partial charge in [-0.3, -0.25) is 4.79 Å². The molecule has 1 aromatic carbocycles. The Hall–Kier alpha value is -1.63. The van der Waals surface area contributed by atoms with Crippen molar-refractivity contribution in [3.05, 3.63) is 29.3 Å². The molecule has 1 aromatic rings. The number of hydrogen-bond acceptors (Lipinski definition) is 5. The maximum atomic E-state index is 12.9. The third kappa shape index (κ3) is 3.33. The molecule has 2 aliphatic heterocycles. The van der Waals surface area contributed by atoms with Crippen LogP contribution in [0.5, 0.6) is 5.75 Å².